The molecule has 0 bridgehead atoms. The number of rotatable bonds is 7. The van der Waals surface area contributed by atoms with Crippen LogP contribution in [0.1, 0.15) is 21.5 Å². The average Bonchev–Trinajstić information content (AvgIpc) is 2.74. The van der Waals surface area contributed by atoms with Crippen LogP contribution in [-0.4, -0.2) is 18.5 Å². The number of hydrogen-bond donors (Lipinski definition) is 1. The SMILES string of the molecule is Cc1ccc(NC(=O)COC(=O)c2ccccc2COc2ccccc2)cc1F. The lowest BCUT2D eigenvalue weighted by molar-refractivity contribution is -0.119. The molecule has 1 N–H and O–H groups in total. The summed E-state index contributed by atoms with van der Waals surface area (Å²) in [5.74, 6) is -0.936. The molecular formula is C23H20FNO4. The highest BCUT2D eigenvalue weighted by molar-refractivity contribution is 5.96. The van der Waals surface area contributed by atoms with Crippen LogP contribution in [0.25, 0.3) is 0 Å². The number of halogens is 1. The number of aryl methyl sites for hydroxylation is 1. The van der Waals surface area contributed by atoms with Crippen molar-refractivity contribution in [2.24, 2.45) is 0 Å². The Morgan fingerprint density at radius 3 is 2.45 bits per heavy atom. The molecule has 0 fully saturated rings. The lowest BCUT2D eigenvalue weighted by Crippen LogP contribution is -2.21. The predicted molar refractivity (Wildman–Crippen MR) is 107 cm³/mol. The van der Waals surface area contributed by atoms with E-state index in [1.807, 2.05) is 30.3 Å². The summed E-state index contributed by atoms with van der Waals surface area (Å²) in [5.41, 5.74) is 1.73. The molecule has 0 spiro atoms. The number of anilines is 1. The molecular weight excluding hydrogens is 373 g/mol. The largest absolute Gasteiger partial charge is 0.489 e. The van der Waals surface area contributed by atoms with Gasteiger partial charge in [0.25, 0.3) is 5.91 Å². The molecule has 0 saturated heterocycles. The maximum atomic E-state index is 13.6. The third-order valence-corrected chi connectivity index (χ3v) is 4.16. The van der Waals surface area contributed by atoms with Crippen molar-refractivity contribution in [2.75, 3.05) is 11.9 Å². The average molecular weight is 393 g/mol. The second kappa shape index (κ2) is 9.50. The van der Waals surface area contributed by atoms with E-state index in [1.54, 1.807) is 43.3 Å². The van der Waals surface area contributed by atoms with Crippen molar-refractivity contribution in [1.29, 1.82) is 0 Å². The second-order valence-electron chi connectivity index (χ2n) is 6.35. The van der Waals surface area contributed by atoms with Crippen LogP contribution in [-0.2, 0) is 16.1 Å². The van der Waals surface area contributed by atoms with E-state index in [4.69, 9.17) is 9.47 Å². The van der Waals surface area contributed by atoms with Gasteiger partial charge in [-0.2, -0.15) is 0 Å². The molecule has 148 valence electrons. The Kier molecular flexibility index (Phi) is 6.58. The molecule has 0 aromatic heterocycles. The molecule has 1 amide bonds. The zero-order chi connectivity index (χ0) is 20.6. The summed E-state index contributed by atoms with van der Waals surface area (Å²) in [6.45, 7) is 1.33. The summed E-state index contributed by atoms with van der Waals surface area (Å²) in [4.78, 5) is 24.4. The van der Waals surface area contributed by atoms with Crippen molar-refractivity contribution >= 4 is 17.6 Å². The number of amides is 1. The quantitative estimate of drug-likeness (QED) is 0.600. The van der Waals surface area contributed by atoms with Gasteiger partial charge in [0.2, 0.25) is 0 Å². The molecule has 0 aliphatic carbocycles. The molecule has 29 heavy (non-hydrogen) atoms. The van der Waals surface area contributed by atoms with Crippen LogP contribution in [0.2, 0.25) is 0 Å². The molecule has 0 aliphatic heterocycles. The number of para-hydroxylation sites is 1. The fourth-order valence-corrected chi connectivity index (χ4v) is 2.60. The first-order valence-electron chi connectivity index (χ1n) is 9.02. The van der Waals surface area contributed by atoms with Gasteiger partial charge in [0, 0.05) is 11.3 Å². The van der Waals surface area contributed by atoms with Crippen molar-refractivity contribution in [3.05, 3.63) is 95.3 Å². The van der Waals surface area contributed by atoms with Gasteiger partial charge in [-0.25, -0.2) is 9.18 Å². The number of hydrogen-bond acceptors (Lipinski definition) is 4. The molecule has 3 rings (SSSR count). The van der Waals surface area contributed by atoms with Gasteiger partial charge in [0.1, 0.15) is 18.2 Å². The second-order valence-corrected chi connectivity index (χ2v) is 6.35. The molecule has 0 radical (unpaired) electrons. The molecule has 6 heteroatoms. The van der Waals surface area contributed by atoms with Crippen molar-refractivity contribution in [1.82, 2.24) is 0 Å². The van der Waals surface area contributed by atoms with E-state index < -0.39 is 24.3 Å². The summed E-state index contributed by atoms with van der Waals surface area (Å²) in [6.07, 6.45) is 0. The summed E-state index contributed by atoms with van der Waals surface area (Å²) in [6, 6.07) is 20.4. The van der Waals surface area contributed by atoms with Gasteiger partial charge in [-0.1, -0.05) is 42.5 Å². The molecule has 0 unspecified atom stereocenters. The molecule has 0 atom stereocenters. The van der Waals surface area contributed by atoms with Crippen LogP contribution in [0.5, 0.6) is 5.75 Å². The fourth-order valence-electron chi connectivity index (χ4n) is 2.60. The Hall–Kier alpha value is -3.67. The summed E-state index contributed by atoms with van der Waals surface area (Å²) < 4.78 is 24.4. The van der Waals surface area contributed by atoms with Gasteiger partial charge >= 0.3 is 5.97 Å². The van der Waals surface area contributed by atoms with Gasteiger partial charge in [-0.3, -0.25) is 4.79 Å². The molecule has 3 aromatic carbocycles. The molecule has 0 aliphatic rings. The van der Waals surface area contributed by atoms with Crippen LogP contribution in [0.3, 0.4) is 0 Å². The lowest BCUT2D eigenvalue weighted by atomic mass is 10.1. The third kappa shape index (κ3) is 5.65. The zero-order valence-electron chi connectivity index (χ0n) is 15.9. The van der Waals surface area contributed by atoms with E-state index in [9.17, 15) is 14.0 Å². The molecule has 0 saturated carbocycles. The Labute approximate surface area is 168 Å². The Morgan fingerprint density at radius 1 is 0.966 bits per heavy atom. The lowest BCUT2D eigenvalue weighted by Gasteiger charge is -2.11. The topological polar surface area (TPSA) is 64.6 Å². The maximum Gasteiger partial charge on any atom is 0.339 e. The van der Waals surface area contributed by atoms with Gasteiger partial charge in [-0.05, 0) is 42.8 Å². The van der Waals surface area contributed by atoms with Crippen molar-refractivity contribution in [3.63, 3.8) is 0 Å². The summed E-state index contributed by atoms with van der Waals surface area (Å²) in [7, 11) is 0. The van der Waals surface area contributed by atoms with E-state index in [0.29, 0.717) is 28.1 Å². The van der Waals surface area contributed by atoms with Crippen LogP contribution < -0.4 is 10.1 Å². The van der Waals surface area contributed by atoms with E-state index in [1.165, 1.54) is 6.07 Å². The highest BCUT2D eigenvalue weighted by Gasteiger charge is 2.15. The van der Waals surface area contributed by atoms with Crippen molar-refractivity contribution < 1.29 is 23.5 Å². The van der Waals surface area contributed by atoms with Gasteiger partial charge in [0.15, 0.2) is 6.61 Å². The third-order valence-electron chi connectivity index (χ3n) is 4.16. The Bertz CT molecular complexity index is 1000. The van der Waals surface area contributed by atoms with Crippen molar-refractivity contribution in [2.45, 2.75) is 13.5 Å². The number of esters is 1. The van der Waals surface area contributed by atoms with Gasteiger partial charge in [0.05, 0.1) is 5.56 Å². The predicted octanol–water partition coefficient (Wildman–Crippen LogP) is 4.51. The molecule has 0 heterocycles. The first-order chi connectivity index (χ1) is 14.0. The summed E-state index contributed by atoms with van der Waals surface area (Å²) in [5, 5.41) is 2.50. The maximum absolute atomic E-state index is 13.6. The van der Waals surface area contributed by atoms with Gasteiger partial charge < -0.3 is 14.8 Å². The first-order valence-corrected chi connectivity index (χ1v) is 9.02. The number of ether oxygens (including phenoxy) is 2. The van der Waals surface area contributed by atoms with E-state index >= 15 is 0 Å². The highest BCUT2D eigenvalue weighted by Crippen LogP contribution is 2.16. The van der Waals surface area contributed by atoms with Crippen LogP contribution in [0.15, 0.2) is 72.8 Å². The van der Waals surface area contributed by atoms with Crippen LogP contribution in [0, 0.1) is 12.7 Å². The minimum Gasteiger partial charge on any atom is -0.489 e. The first kappa shape index (κ1) is 20.1. The van der Waals surface area contributed by atoms with E-state index in [0.717, 1.165) is 0 Å². The Morgan fingerprint density at radius 2 is 1.69 bits per heavy atom. The fraction of sp³-hybridized carbons (Fsp3) is 0.130. The van der Waals surface area contributed by atoms with Crippen LogP contribution >= 0.6 is 0 Å². The molecule has 3 aromatic rings. The number of carbonyl (C=O) groups is 2. The van der Waals surface area contributed by atoms with Crippen LogP contribution in [0.4, 0.5) is 10.1 Å². The van der Waals surface area contributed by atoms with E-state index in [-0.39, 0.29) is 6.61 Å². The van der Waals surface area contributed by atoms with E-state index in [2.05, 4.69) is 5.32 Å². The standard InChI is InChI=1S/C23H20FNO4/c1-16-11-12-18(13-21(16)24)25-22(26)15-29-23(27)20-10-6-5-7-17(20)14-28-19-8-3-2-4-9-19/h2-13H,14-15H2,1H3,(H,25,26). The highest BCUT2D eigenvalue weighted by atomic mass is 19.1. The van der Waals surface area contributed by atoms with Crippen molar-refractivity contribution in [3.8, 4) is 5.75 Å². The normalized spacial score (nSPS) is 10.3. The number of carbonyl (C=O) groups excluding carboxylic acids is 2. The zero-order valence-corrected chi connectivity index (χ0v) is 15.9. The minimum atomic E-state index is -0.637. The number of benzene rings is 3. The number of nitrogens with one attached hydrogen (secondary N) is 1. The summed E-state index contributed by atoms with van der Waals surface area (Å²) >= 11 is 0. The molecule has 5 nitrogen and oxygen atoms in total. The van der Waals surface area contributed by atoms with Gasteiger partial charge in [-0.15, -0.1) is 0 Å². The Balaban J connectivity index is 1.57. The monoisotopic (exact) mass is 393 g/mol. The minimum absolute atomic E-state index is 0.185. The smallest absolute Gasteiger partial charge is 0.339 e.